The molecule has 0 spiro atoms. The lowest BCUT2D eigenvalue weighted by Crippen LogP contribution is -2.19. The van der Waals surface area contributed by atoms with Crippen LogP contribution in [0.15, 0.2) is 196 Å². The van der Waals surface area contributed by atoms with Gasteiger partial charge in [0, 0.05) is 158 Å². The van der Waals surface area contributed by atoms with Gasteiger partial charge in [-0.2, -0.15) is 47.0 Å². The lowest BCUT2D eigenvalue weighted by atomic mass is 10.1. The highest BCUT2D eigenvalue weighted by Crippen LogP contribution is 2.36. The van der Waals surface area contributed by atoms with Gasteiger partial charge in [-0.15, -0.1) is 22.7 Å². The smallest absolute Gasteiger partial charge is 0.151 e. The minimum absolute atomic E-state index is 0.845. The van der Waals surface area contributed by atoms with Crippen LogP contribution in [0.3, 0.4) is 0 Å². The molecular weight excluding hydrogens is 1560 g/mol. The second-order valence-electron chi connectivity index (χ2n) is 30.3. The van der Waals surface area contributed by atoms with Crippen LogP contribution in [-0.2, 0) is 45.8 Å². The van der Waals surface area contributed by atoms with Crippen LogP contribution in [0.4, 0.5) is 0 Å². The molecule has 0 radical (unpaired) electrons. The summed E-state index contributed by atoms with van der Waals surface area (Å²) >= 11 is 5.25. The van der Waals surface area contributed by atoms with Crippen molar-refractivity contribution in [3.63, 3.8) is 0 Å². The number of thiophene rings is 3. The van der Waals surface area contributed by atoms with E-state index in [0.29, 0.717) is 0 Å². The molecule has 0 bridgehead atoms. The van der Waals surface area contributed by atoms with Gasteiger partial charge in [-0.3, -0.25) is 40.7 Å². The summed E-state index contributed by atoms with van der Waals surface area (Å²) < 4.78 is 11.8. The van der Waals surface area contributed by atoms with Gasteiger partial charge in [0.15, 0.2) is 5.76 Å². The molecule has 1 aromatic carbocycles. The standard InChI is InChI=1S/C17H21N3S.C14H20N4.C12H17N5.2C12H17N3O.2C12H17N3S/c1-3-4-9-20(2)11-13-10-18-19-17(13)15-12-21-16-8-6-5-7-14(15)16;1-3-4-8-18(2)11-13-10-16-17-14(13)12-6-5-7-15-9-12;1-3-4-17(2)8-11-7-15-16-12(11)10-5-13-9-14-6-10;1-3-6-15(2)9-10-8-13-14-12(10)11-5-4-7-16-11;1-3-5-15(2)8-11-7-13-14-12(11)10-4-6-16-9-10;1-3-6-15(2)9-10-8-13-14-12(10)11-5-4-7-16-11;1-3-5-15(2)8-11-7-13-14-12(11)10-4-6-16-9-10/h5-8,10,12H,3-4,9,11H2,1-2H3,(H,18,19);5-7,9-10H,3-4,8,11H2,1-2H3,(H,16,17);5-7,9H,3-4,8H2,1-2H3,(H,15,16);4-5,7-8H,3,6,9H2,1-2H3,(H,13,14);4,6-7,9H,3,5,8H2,1-2H3,(H,13,14);4-5,7-8H,3,6,9H2,1-2H3,(H,13,14);4,6-7,9H,3,5,8H2,1-2H3,(H,13,14). The molecule has 640 valence electrons. The number of H-pyrrole nitrogens is 7. The fraction of sp³-hybridized carbons (Fsp3) is 0.407. The normalized spacial score (nSPS) is 11.2. The van der Waals surface area contributed by atoms with E-state index in [-0.39, 0.29) is 0 Å². The highest BCUT2D eigenvalue weighted by Gasteiger charge is 2.19. The number of hydrogen-bond donors (Lipinski definition) is 7. The fourth-order valence-corrected chi connectivity index (χ4v) is 16.1. The minimum atomic E-state index is 0.845. The van der Waals surface area contributed by atoms with Crippen LogP contribution in [0.25, 0.3) is 88.4 Å². The van der Waals surface area contributed by atoms with Gasteiger partial charge in [-0.1, -0.05) is 85.6 Å². The molecule has 0 atom stereocenters. The molecule has 15 aromatic rings. The third-order valence-corrected chi connectivity index (χ3v) is 22.2. The van der Waals surface area contributed by atoms with Crippen molar-refractivity contribution in [2.24, 2.45) is 0 Å². The van der Waals surface area contributed by atoms with Crippen molar-refractivity contribution >= 4 is 44.1 Å². The summed E-state index contributed by atoms with van der Waals surface area (Å²) in [5.74, 6) is 0.845. The topological polar surface area (TPSA) is 288 Å². The Morgan fingerprint density at radius 3 is 1.20 bits per heavy atom. The van der Waals surface area contributed by atoms with Crippen molar-refractivity contribution < 1.29 is 8.83 Å². The number of benzene rings is 1. The third-order valence-electron chi connectivity index (χ3n) is 19.6. The van der Waals surface area contributed by atoms with Crippen LogP contribution < -0.4 is 0 Å². The Hall–Kier alpha value is -10.4. The van der Waals surface area contributed by atoms with Crippen LogP contribution in [-0.4, -0.2) is 216 Å². The molecule has 0 saturated heterocycles. The quantitative estimate of drug-likeness (QED) is 0.0190. The zero-order valence-corrected chi connectivity index (χ0v) is 75.3. The predicted octanol–water partition coefficient (Wildman–Crippen LogP) is 19.9. The number of pyridine rings is 1. The van der Waals surface area contributed by atoms with Crippen LogP contribution in [0, 0.1) is 0 Å². The first-order chi connectivity index (χ1) is 58.6. The average molecular weight is 1680 g/mol. The molecule has 29 heteroatoms. The van der Waals surface area contributed by atoms with E-state index in [1.165, 1.54) is 110 Å². The SMILES string of the molecule is CCCCN(C)Cc1cn[nH]c1-c1cccnc1.CCCCN(C)Cc1cn[nH]c1-c1csc2ccccc12.CCCN(C)Cc1cn[nH]c1-c1ccco1.CCCN(C)Cc1cn[nH]c1-c1cccs1.CCCN(C)Cc1cn[nH]c1-c1ccoc1.CCCN(C)Cc1cn[nH]c1-c1ccsc1.CCCN(C)Cc1cn[nH]c1-c1cncnc1. The predicted molar refractivity (Wildman–Crippen MR) is 493 cm³/mol. The van der Waals surface area contributed by atoms with Crippen molar-refractivity contribution in [3.8, 4) is 78.3 Å². The molecule has 0 aliphatic heterocycles. The van der Waals surface area contributed by atoms with E-state index >= 15 is 0 Å². The van der Waals surface area contributed by atoms with Crippen LogP contribution in [0.2, 0.25) is 0 Å². The molecule has 15 rings (SSSR count). The van der Waals surface area contributed by atoms with E-state index < -0.39 is 0 Å². The maximum Gasteiger partial charge on any atom is 0.151 e. The zero-order valence-electron chi connectivity index (χ0n) is 72.8. The van der Waals surface area contributed by atoms with E-state index in [1.807, 2.05) is 73.8 Å². The molecule has 0 unspecified atom stereocenters. The maximum atomic E-state index is 5.37. The molecule has 0 aliphatic rings. The van der Waals surface area contributed by atoms with Gasteiger partial charge in [0.05, 0.1) is 101 Å². The number of furan rings is 2. The van der Waals surface area contributed by atoms with Gasteiger partial charge in [-0.05, 0) is 199 Å². The number of aromatic amines is 7. The summed E-state index contributed by atoms with van der Waals surface area (Å²) in [7, 11) is 15.0. The number of hydrogen-bond acceptors (Lipinski definition) is 22. The lowest BCUT2D eigenvalue weighted by molar-refractivity contribution is 0.321. The molecule has 120 heavy (non-hydrogen) atoms. The monoisotopic (exact) mass is 1680 g/mol. The van der Waals surface area contributed by atoms with Crippen molar-refractivity contribution in [1.82, 2.24) is 121 Å². The minimum Gasteiger partial charge on any atom is -0.472 e. The summed E-state index contributed by atoms with van der Waals surface area (Å²) in [4.78, 5) is 29.6. The lowest BCUT2D eigenvalue weighted by Gasteiger charge is -2.15. The van der Waals surface area contributed by atoms with Crippen LogP contribution in [0.1, 0.15) is 145 Å². The molecule has 0 fully saturated rings. The Balaban J connectivity index is 0.000000160. The van der Waals surface area contributed by atoms with Crippen molar-refractivity contribution in [2.45, 2.75) is 152 Å². The number of nitrogens with zero attached hydrogens (tertiary/aromatic N) is 17. The van der Waals surface area contributed by atoms with Gasteiger partial charge in [0.25, 0.3) is 0 Å². The largest absolute Gasteiger partial charge is 0.472 e. The summed E-state index contributed by atoms with van der Waals surface area (Å²) in [5.41, 5.74) is 21.8. The first-order valence-corrected chi connectivity index (χ1v) is 44.6. The van der Waals surface area contributed by atoms with Gasteiger partial charge in [0.2, 0.25) is 0 Å². The van der Waals surface area contributed by atoms with Crippen LogP contribution >= 0.6 is 34.0 Å². The zero-order chi connectivity index (χ0) is 85.1. The van der Waals surface area contributed by atoms with Gasteiger partial charge in [0.1, 0.15) is 12.0 Å². The third kappa shape index (κ3) is 29.8. The van der Waals surface area contributed by atoms with Gasteiger partial charge >= 0.3 is 0 Å². The molecule has 0 saturated carbocycles. The number of nitrogens with one attached hydrogen (secondary N) is 7. The molecular formula is C91H126N24O2S3. The number of fused-ring (bicyclic) bond motifs is 1. The molecule has 0 aliphatic carbocycles. The van der Waals surface area contributed by atoms with Crippen molar-refractivity contribution in [2.75, 3.05) is 95.1 Å². The highest BCUT2D eigenvalue weighted by atomic mass is 32.1. The van der Waals surface area contributed by atoms with E-state index in [4.69, 9.17) is 8.83 Å². The van der Waals surface area contributed by atoms with E-state index in [0.717, 1.165) is 173 Å². The fourth-order valence-electron chi connectivity index (χ4n) is 13.8. The number of rotatable bonds is 37. The van der Waals surface area contributed by atoms with Crippen molar-refractivity contribution in [1.29, 1.82) is 0 Å². The average Bonchev–Trinajstić information content (AvgIpc) is 1.65. The number of unbranched alkanes of at least 4 members (excludes halogenated alkanes) is 2. The number of aromatic nitrogens is 17. The first-order valence-electron chi connectivity index (χ1n) is 41.9. The van der Waals surface area contributed by atoms with Gasteiger partial charge < -0.3 is 43.1 Å². The van der Waals surface area contributed by atoms with E-state index in [9.17, 15) is 0 Å². The Kier molecular flexibility index (Phi) is 40.4. The summed E-state index contributed by atoms with van der Waals surface area (Å²) in [6.07, 6.45) is 38.0. The maximum absolute atomic E-state index is 5.37. The molecule has 26 nitrogen and oxygen atoms in total. The Morgan fingerprint density at radius 1 is 0.333 bits per heavy atom. The van der Waals surface area contributed by atoms with E-state index in [2.05, 4.69) is 288 Å². The van der Waals surface area contributed by atoms with Crippen LogP contribution in [0.5, 0.6) is 0 Å². The summed E-state index contributed by atoms with van der Waals surface area (Å²) in [6, 6.07) is 24.6. The Labute approximate surface area is 721 Å². The van der Waals surface area contributed by atoms with Gasteiger partial charge in [-0.25, -0.2) is 9.97 Å². The Morgan fingerprint density at radius 2 is 0.767 bits per heavy atom. The van der Waals surface area contributed by atoms with Crippen molar-refractivity contribution in [3.05, 3.63) is 227 Å². The highest BCUT2D eigenvalue weighted by molar-refractivity contribution is 7.17. The molecule has 14 heterocycles. The second kappa shape index (κ2) is 51.9. The summed E-state index contributed by atoms with van der Waals surface area (Å²) in [6.45, 7) is 29.6. The summed E-state index contributed by atoms with van der Waals surface area (Å²) in [5, 5.41) is 60.3. The second-order valence-corrected chi connectivity index (χ2v) is 32.9. The Bertz CT molecular complexity index is 4750. The van der Waals surface area contributed by atoms with E-state index in [1.54, 1.807) is 71.4 Å². The molecule has 0 amide bonds. The first kappa shape index (κ1) is 93.4. The molecule has 7 N–H and O–H groups in total. The molecule has 14 aromatic heterocycles.